The second-order valence-electron chi connectivity index (χ2n) is 2.93. The molecule has 0 aliphatic heterocycles. The molecule has 0 bridgehead atoms. The first-order valence-corrected chi connectivity index (χ1v) is 4.42. The number of rotatable bonds is 0. The van der Waals surface area contributed by atoms with Gasteiger partial charge in [-0.25, -0.2) is 0 Å². The number of benzene rings is 1. The number of H-pyrrole nitrogens is 2. The zero-order valence-electron chi connectivity index (χ0n) is 7.33. The van der Waals surface area contributed by atoms with Crippen molar-refractivity contribution in [2.45, 2.75) is 0 Å². The molecule has 0 unspecified atom stereocenters. The van der Waals surface area contributed by atoms with Gasteiger partial charge in [0.2, 0.25) is 0 Å². The van der Waals surface area contributed by atoms with Crippen LogP contribution in [0, 0.1) is 0 Å². The number of hydrogen-bond acceptors (Lipinski definition) is 3. The molecular weight excluding hydrogens is 220 g/mol. The average molecular weight is 225 g/mol. The summed E-state index contributed by atoms with van der Waals surface area (Å²) in [5, 5.41) is 0.401. The Kier molecular flexibility index (Phi) is 2.17. The van der Waals surface area contributed by atoms with Crippen LogP contribution in [0.4, 0.5) is 0 Å². The molecule has 2 aromatic rings. The summed E-state index contributed by atoms with van der Waals surface area (Å²) < 4.78 is 0. The van der Waals surface area contributed by atoms with Crippen LogP contribution in [0.15, 0.2) is 32.6 Å². The standard InChI is InChI=1S/C9H5ClN2O3/c10-4-1-2-5-6(3-4)12-9(15)7(13)8(14)11-5/h1-3H,(H2,11,12,13,14,15). The molecule has 0 fully saturated rings. The molecule has 2 N–H and O–H groups in total. The van der Waals surface area contributed by atoms with Gasteiger partial charge in [0.1, 0.15) is 0 Å². The summed E-state index contributed by atoms with van der Waals surface area (Å²) in [6.07, 6.45) is 0. The fourth-order valence-corrected chi connectivity index (χ4v) is 1.36. The third-order valence-electron chi connectivity index (χ3n) is 1.89. The van der Waals surface area contributed by atoms with Gasteiger partial charge in [-0.1, -0.05) is 11.6 Å². The molecule has 0 atom stereocenters. The molecular formula is C9H5ClN2O3. The fourth-order valence-electron chi connectivity index (χ4n) is 1.19. The second kappa shape index (κ2) is 3.36. The molecule has 0 saturated carbocycles. The van der Waals surface area contributed by atoms with Crippen molar-refractivity contribution in [2.75, 3.05) is 0 Å². The van der Waals surface area contributed by atoms with Gasteiger partial charge in [0.15, 0.2) is 0 Å². The number of nitrogens with one attached hydrogen (secondary N) is 2. The lowest BCUT2D eigenvalue weighted by atomic mass is 10.3. The first-order valence-electron chi connectivity index (χ1n) is 4.04. The van der Waals surface area contributed by atoms with Crippen molar-refractivity contribution in [3.63, 3.8) is 0 Å². The molecule has 2 rings (SSSR count). The minimum atomic E-state index is -1.12. The zero-order valence-corrected chi connectivity index (χ0v) is 8.09. The van der Waals surface area contributed by atoms with Gasteiger partial charge in [-0.2, -0.15) is 0 Å². The van der Waals surface area contributed by atoms with Gasteiger partial charge in [0.25, 0.3) is 0 Å². The summed E-state index contributed by atoms with van der Waals surface area (Å²) >= 11 is 5.70. The van der Waals surface area contributed by atoms with Crippen LogP contribution in [0.3, 0.4) is 0 Å². The van der Waals surface area contributed by atoms with E-state index in [0.29, 0.717) is 16.1 Å². The van der Waals surface area contributed by atoms with Crippen molar-refractivity contribution in [3.8, 4) is 0 Å². The van der Waals surface area contributed by atoms with Crippen LogP contribution in [-0.2, 0) is 0 Å². The molecule has 15 heavy (non-hydrogen) atoms. The van der Waals surface area contributed by atoms with Gasteiger partial charge in [0, 0.05) is 5.02 Å². The topological polar surface area (TPSA) is 82.8 Å². The normalized spacial score (nSPS) is 10.5. The van der Waals surface area contributed by atoms with Crippen molar-refractivity contribution >= 4 is 22.6 Å². The third kappa shape index (κ3) is 1.69. The maximum absolute atomic E-state index is 11.1. The molecule has 1 heterocycles. The van der Waals surface area contributed by atoms with E-state index in [2.05, 4.69) is 9.97 Å². The smallest absolute Gasteiger partial charge is 0.307 e. The summed E-state index contributed by atoms with van der Waals surface area (Å²) in [7, 11) is 0. The minimum absolute atomic E-state index is 0.312. The number of aromatic nitrogens is 2. The largest absolute Gasteiger partial charge is 0.317 e. The minimum Gasteiger partial charge on any atom is -0.317 e. The molecule has 5 nitrogen and oxygen atoms in total. The summed E-state index contributed by atoms with van der Waals surface area (Å²) in [5.74, 6) is 0. The summed E-state index contributed by atoms with van der Waals surface area (Å²) in [4.78, 5) is 37.9. The van der Waals surface area contributed by atoms with E-state index in [4.69, 9.17) is 11.6 Å². The first kappa shape index (κ1) is 9.67. The Labute approximate surface area is 87.4 Å². The monoisotopic (exact) mass is 224 g/mol. The van der Waals surface area contributed by atoms with E-state index in [1.807, 2.05) is 0 Å². The Bertz CT molecular complexity index is 702. The highest BCUT2D eigenvalue weighted by molar-refractivity contribution is 6.31. The van der Waals surface area contributed by atoms with E-state index in [1.54, 1.807) is 6.07 Å². The van der Waals surface area contributed by atoms with E-state index < -0.39 is 16.5 Å². The molecule has 76 valence electrons. The summed E-state index contributed by atoms with van der Waals surface area (Å²) in [6.45, 7) is 0. The lowest BCUT2D eigenvalue weighted by Crippen LogP contribution is -2.36. The second-order valence-corrected chi connectivity index (χ2v) is 3.36. The van der Waals surface area contributed by atoms with Crippen molar-refractivity contribution in [2.24, 2.45) is 0 Å². The molecule has 0 spiro atoms. The van der Waals surface area contributed by atoms with E-state index in [1.165, 1.54) is 12.1 Å². The molecule has 0 amide bonds. The van der Waals surface area contributed by atoms with Crippen molar-refractivity contribution < 1.29 is 0 Å². The maximum atomic E-state index is 11.1. The van der Waals surface area contributed by atoms with Crippen LogP contribution in [0.25, 0.3) is 11.0 Å². The summed E-state index contributed by atoms with van der Waals surface area (Å²) in [6, 6.07) is 4.50. The predicted molar refractivity (Wildman–Crippen MR) is 56.5 cm³/mol. The number of fused-ring (bicyclic) bond motifs is 1. The Morgan fingerprint density at radius 2 is 1.53 bits per heavy atom. The number of aromatic amines is 2. The van der Waals surface area contributed by atoms with Gasteiger partial charge in [0.05, 0.1) is 11.0 Å². The Hall–Kier alpha value is -1.88. The predicted octanol–water partition coefficient (Wildman–Crippen LogP) is 0.230. The fraction of sp³-hybridized carbons (Fsp3) is 0. The van der Waals surface area contributed by atoms with E-state index >= 15 is 0 Å². The third-order valence-corrected chi connectivity index (χ3v) is 2.13. The van der Waals surface area contributed by atoms with E-state index in [9.17, 15) is 14.4 Å². The Morgan fingerprint density at radius 3 is 2.20 bits per heavy atom. The van der Waals surface area contributed by atoms with E-state index in [-0.39, 0.29) is 0 Å². The highest BCUT2D eigenvalue weighted by Crippen LogP contribution is 2.12. The van der Waals surface area contributed by atoms with Gasteiger partial charge in [-0.3, -0.25) is 14.4 Å². The highest BCUT2D eigenvalue weighted by atomic mass is 35.5. The van der Waals surface area contributed by atoms with Crippen LogP contribution < -0.4 is 16.5 Å². The molecule has 0 aliphatic carbocycles. The lowest BCUT2D eigenvalue weighted by molar-refractivity contribution is 1.22. The summed E-state index contributed by atoms with van der Waals surface area (Å²) in [5.41, 5.74) is -2.38. The van der Waals surface area contributed by atoms with Crippen molar-refractivity contribution in [3.05, 3.63) is 54.2 Å². The number of halogens is 1. The first-order chi connectivity index (χ1) is 7.08. The van der Waals surface area contributed by atoms with Crippen LogP contribution in [0.1, 0.15) is 0 Å². The average Bonchev–Trinajstić information content (AvgIpc) is 2.29. The van der Waals surface area contributed by atoms with Gasteiger partial charge in [-0.05, 0) is 18.2 Å². The lowest BCUT2D eigenvalue weighted by Gasteiger charge is -1.91. The van der Waals surface area contributed by atoms with Crippen LogP contribution in [-0.4, -0.2) is 9.97 Å². The highest BCUT2D eigenvalue weighted by Gasteiger charge is 2.00. The molecule has 1 aromatic heterocycles. The van der Waals surface area contributed by atoms with Gasteiger partial charge in [-0.15, -0.1) is 0 Å². The Balaban J connectivity index is 3.13. The van der Waals surface area contributed by atoms with Gasteiger partial charge < -0.3 is 9.97 Å². The molecule has 0 aliphatic rings. The quantitative estimate of drug-likeness (QED) is 0.629. The molecule has 0 saturated heterocycles. The Morgan fingerprint density at radius 1 is 0.933 bits per heavy atom. The van der Waals surface area contributed by atoms with Crippen LogP contribution >= 0.6 is 11.6 Å². The van der Waals surface area contributed by atoms with Crippen molar-refractivity contribution in [1.82, 2.24) is 9.97 Å². The molecule has 1 aromatic carbocycles. The SMILES string of the molecule is O=c1[nH]c2ccc(Cl)cc2[nH]c(=O)c1=O. The zero-order chi connectivity index (χ0) is 11.0. The van der Waals surface area contributed by atoms with Crippen LogP contribution in [0.2, 0.25) is 5.02 Å². The molecule has 6 heteroatoms. The van der Waals surface area contributed by atoms with Crippen LogP contribution in [0.5, 0.6) is 0 Å². The number of hydrogen-bond donors (Lipinski definition) is 2. The van der Waals surface area contributed by atoms with Crippen molar-refractivity contribution in [1.29, 1.82) is 0 Å². The molecule has 0 radical (unpaired) electrons. The maximum Gasteiger partial charge on any atom is 0.307 e. The van der Waals surface area contributed by atoms with Gasteiger partial charge >= 0.3 is 16.5 Å². The van der Waals surface area contributed by atoms with E-state index in [0.717, 1.165) is 0 Å².